The maximum absolute atomic E-state index is 10.3. The van der Waals surface area contributed by atoms with Crippen molar-refractivity contribution < 1.29 is 9.84 Å². The molecule has 0 aromatic heterocycles. The second kappa shape index (κ2) is 4.49. The maximum Gasteiger partial charge on any atom is 0.159 e. The van der Waals surface area contributed by atoms with Gasteiger partial charge in [-0.1, -0.05) is 27.2 Å². The summed E-state index contributed by atoms with van der Waals surface area (Å²) in [5, 5.41) is 10.3. The molecule has 3 saturated carbocycles. The average molecular weight is 252 g/mol. The summed E-state index contributed by atoms with van der Waals surface area (Å²) in [6, 6.07) is 0. The summed E-state index contributed by atoms with van der Waals surface area (Å²) in [7, 11) is 0. The minimum atomic E-state index is -0.591. The van der Waals surface area contributed by atoms with Crippen LogP contribution in [0.2, 0.25) is 0 Å². The van der Waals surface area contributed by atoms with Crippen LogP contribution < -0.4 is 0 Å². The third kappa shape index (κ3) is 1.92. The first kappa shape index (κ1) is 12.9. The van der Waals surface area contributed by atoms with Crippen LogP contribution in [0.4, 0.5) is 0 Å². The number of rotatable bonds is 4. The lowest BCUT2D eigenvalue weighted by molar-refractivity contribution is -0.207. The highest BCUT2D eigenvalue weighted by Gasteiger charge is 2.54. The fraction of sp³-hybridized carbons (Fsp3) is 1.00. The van der Waals surface area contributed by atoms with Gasteiger partial charge < -0.3 is 9.84 Å². The van der Waals surface area contributed by atoms with Crippen molar-refractivity contribution in [2.45, 2.75) is 71.7 Å². The van der Waals surface area contributed by atoms with Gasteiger partial charge in [0, 0.05) is 5.41 Å². The average Bonchev–Trinajstić information content (AvgIpc) is 2.99. The summed E-state index contributed by atoms with van der Waals surface area (Å²) < 4.78 is 6.06. The van der Waals surface area contributed by atoms with Crippen molar-refractivity contribution in [1.29, 1.82) is 0 Å². The molecule has 1 N–H and O–H groups in total. The zero-order valence-electron chi connectivity index (χ0n) is 12.1. The molecule has 2 nitrogen and oxygen atoms in total. The SMILES string of the molecule is CCC(C)(C)C(O)OC1CC2CC1C1CCCC21. The Morgan fingerprint density at radius 3 is 2.61 bits per heavy atom. The van der Waals surface area contributed by atoms with Gasteiger partial charge in [-0.3, -0.25) is 0 Å². The van der Waals surface area contributed by atoms with Crippen molar-refractivity contribution >= 4 is 0 Å². The fourth-order valence-corrected chi connectivity index (χ4v) is 4.69. The summed E-state index contributed by atoms with van der Waals surface area (Å²) in [6.45, 7) is 6.33. The van der Waals surface area contributed by atoms with Crippen LogP contribution >= 0.6 is 0 Å². The molecular formula is C16H28O2. The van der Waals surface area contributed by atoms with E-state index in [0.717, 1.165) is 30.1 Å². The molecule has 2 heteroatoms. The van der Waals surface area contributed by atoms with Crippen molar-refractivity contribution in [2.24, 2.45) is 29.1 Å². The predicted molar refractivity (Wildman–Crippen MR) is 72.0 cm³/mol. The topological polar surface area (TPSA) is 29.5 Å². The van der Waals surface area contributed by atoms with E-state index in [1.54, 1.807) is 0 Å². The molecule has 104 valence electrons. The zero-order chi connectivity index (χ0) is 12.9. The summed E-state index contributed by atoms with van der Waals surface area (Å²) in [5.41, 5.74) is -0.114. The highest BCUT2D eigenvalue weighted by atomic mass is 16.6. The highest BCUT2D eigenvalue weighted by molar-refractivity contribution is 5.03. The third-order valence-electron chi connectivity index (χ3n) is 6.25. The molecule has 18 heavy (non-hydrogen) atoms. The molecule has 6 unspecified atom stereocenters. The van der Waals surface area contributed by atoms with E-state index in [0.29, 0.717) is 6.10 Å². The molecule has 0 radical (unpaired) electrons. The largest absolute Gasteiger partial charge is 0.367 e. The minimum Gasteiger partial charge on any atom is -0.367 e. The predicted octanol–water partition coefficient (Wildman–Crippen LogP) is 3.58. The lowest BCUT2D eigenvalue weighted by Crippen LogP contribution is -2.39. The molecule has 6 atom stereocenters. The van der Waals surface area contributed by atoms with Crippen molar-refractivity contribution in [3.05, 3.63) is 0 Å². The molecular weight excluding hydrogens is 224 g/mol. The Labute approximate surface area is 111 Å². The van der Waals surface area contributed by atoms with Gasteiger partial charge in [0.25, 0.3) is 0 Å². The molecule has 0 spiro atoms. The van der Waals surface area contributed by atoms with E-state index in [2.05, 4.69) is 20.8 Å². The van der Waals surface area contributed by atoms with Gasteiger partial charge in [-0.2, -0.15) is 0 Å². The molecule has 3 aliphatic rings. The van der Waals surface area contributed by atoms with Crippen LogP contribution in [0.25, 0.3) is 0 Å². The summed E-state index contributed by atoms with van der Waals surface area (Å²) >= 11 is 0. The van der Waals surface area contributed by atoms with E-state index >= 15 is 0 Å². The number of hydrogen-bond acceptors (Lipinski definition) is 2. The van der Waals surface area contributed by atoms with E-state index in [1.807, 2.05) is 0 Å². The van der Waals surface area contributed by atoms with Gasteiger partial charge in [0.2, 0.25) is 0 Å². The number of hydrogen-bond donors (Lipinski definition) is 1. The molecule has 3 aliphatic carbocycles. The smallest absolute Gasteiger partial charge is 0.159 e. The molecule has 3 rings (SSSR count). The summed E-state index contributed by atoms with van der Waals surface area (Å²) in [6.07, 6.45) is 7.60. The Kier molecular flexibility index (Phi) is 3.22. The van der Waals surface area contributed by atoms with Gasteiger partial charge in [0.15, 0.2) is 6.29 Å². The molecule has 0 aromatic carbocycles. The molecule has 3 fully saturated rings. The van der Waals surface area contributed by atoms with E-state index in [4.69, 9.17) is 4.74 Å². The van der Waals surface area contributed by atoms with E-state index in [1.165, 1.54) is 32.1 Å². The highest BCUT2D eigenvalue weighted by Crippen LogP contribution is 2.59. The van der Waals surface area contributed by atoms with Gasteiger partial charge in [0.1, 0.15) is 0 Å². The molecule has 0 amide bonds. The van der Waals surface area contributed by atoms with Gasteiger partial charge in [0.05, 0.1) is 6.10 Å². The lowest BCUT2D eigenvalue weighted by atomic mass is 9.80. The molecule has 2 bridgehead atoms. The van der Waals surface area contributed by atoms with Gasteiger partial charge >= 0.3 is 0 Å². The first-order valence-electron chi connectivity index (χ1n) is 7.86. The monoisotopic (exact) mass is 252 g/mol. The van der Waals surface area contributed by atoms with Crippen molar-refractivity contribution in [3.63, 3.8) is 0 Å². The number of aliphatic hydroxyl groups excluding tert-OH is 1. The van der Waals surface area contributed by atoms with Crippen LogP contribution in [0.3, 0.4) is 0 Å². The first-order valence-corrected chi connectivity index (χ1v) is 7.86. The number of aliphatic hydroxyl groups is 1. The zero-order valence-corrected chi connectivity index (χ0v) is 12.1. The van der Waals surface area contributed by atoms with Gasteiger partial charge in [-0.25, -0.2) is 0 Å². The van der Waals surface area contributed by atoms with Crippen LogP contribution in [0.15, 0.2) is 0 Å². The second-order valence-electron chi connectivity index (χ2n) is 7.52. The fourth-order valence-electron chi connectivity index (χ4n) is 4.69. The normalized spacial score (nSPS) is 44.3. The first-order chi connectivity index (χ1) is 8.53. The second-order valence-corrected chi connectivity index (χ2v) is 7.52. The lowest BCUT2D eigenvalue weighted by Gasteiger charge is -2.37. The quantitative estimate of drug-likeness (QED) is 0.775. The number of ether oxygens (including phenoxy) is 1. The van der Waals surface area contributed by atoms with E-state index < -0.39 is 6.29 Å². The molecule has 0 aliphatic heterocycles. The standard InChI is InChI=1S/C16H28O2/c1-4-16(2,3)15(17)18-14-9-10-8-13(14)12-7-5-6-11(10)12/h10-15,17H,4-9H2,1-3H3. The van der Waals surface area contributed by atoms with Crippen LogP contribution in [-0.2, 0) is 4.74 Å². The van der Waals surface area contributed by atoms with Crippen LogP contribution in [0, 0.1) is 29.1 Å². The number of fused-ring (bicyclic) bond motifs is 5. The summed E-state index contributed by atoms with van der Waals surface area (Å²) in [5.74, 6) is 3.59. The van der Waals surface area contributed by atoms with Crippen LogP contribution in [-0.4, -0.2) is 17.5 Å². The Morgan fingerprint density at radius 1 is 1.17 bits per heavy atom. The van der Waals surface area contributed by atoms with Crippen molar-refractivity contribution in [2.75, 3.05) is 0 Å². The third-order valence-corrected chi connectivity index (χ3v) is 6.25. The molecule has 0 saturated heterocycles. The Bertz CT molecular complexity index is 312. The Balaban J connectivity index is 1.63. The van der Waals surface area contributed by atoms with Gasteiger partial charge in [-0.15, -0.1) is 0 Å². The van der Waals surface area contributed by atoms with E-state index in [-0.39, 0.29) is 5.41 Å². The molecule has 0 aromatic rings. The van der Waals surface area contributed by atoms with Gasteiger partial charge in [-0.05, 0) is 55.8 Å². The maximum atomic E-state index is 10.3. The minimum absolute atomic E-state index is 0.114. The molecule has 0 heterocycles. The van der Waals surface area contributed by atoms with Crippen LogP contribution in [0.1, 0.15) is 59.3 Å². The van der Waals surface area contributed by atoms with Crippen molar-refractivity contribution in [3.8, 4) is 0 Å². The van der Waals surface area contributed by atoms with Crippen molar-refractivity contribution in [1.82, 2.24) is 0 Å². The van der Waals surface area contributed by atoms with E-state index in [9.17, 15) is 5.11 Å². The Morgan fingerprint density at radius 2 is 1.89 bits per heavy atom. The van der Waals surface area contributed by atoms with Crippen LogP contribution in [0.5, 0.6) is 0 Å². The Hall–Kier alpha value is -0.0800. The summed E-state index contributed by atoms with van der Waals surface area (Å²) in [4.78, 5) is 0.